The fourth-order valence-electron chi connectivity index (χ4n) is 5.43. The Labute approximate surface area is 176 Å². The number of Topliss-reactive ketones (excluding diaryl/α,β-unsaturated/α-hetero) is 1. The van der Waals surface area contributed by atoms with Gasteiger partial charge in [-0.2, -0.15) is 0 Å². The van der Waals surface area contributed by atoms with Crippen LogP contribution in [0.1, 0.15) is 34.8 Å². The van der Waals surface area contributed by atoms with Gasteiger partial charge in [0.25, 0.3) is 0 Å². The number of hydrogen-bond donors (Lipinski definition) is 0. The molecule has 3 aliphatic carbocycles. The van der Waals surface area contributed by atoms with Gasteiger partial charge in [0.05, 0.1) is 19.3 Å². The molecule has 3 aliphatic rings. The van der Waals surface area contributed by atoms with Gasteiger partial charge in [0, 0.05) is 17.4 Å². The maximum Gasteiger partial charge on any atom is 0.338 e. The summed E-state index contributed by atoms with van der Waals surface area (Å²) in [7, 11) is 1.64. The van der Waals surface area contributed by atoms with Crippen LogP contribution in [0.5, 0.6) is 5.75 Å². The van der Waals surface area contributed by atoms with Gasteiger partial charge in [-0.05, 0) is 66.1 Å². The Hall–Kier alpha value is -3.14. The maximum absolute atomic E-state index is 13.6. The third-order valence-corrected chi connectivity index (χ3v) is 6.70. The molecular weight excluding hydrogens is 376 g/mol. The van der Waals surface area contributed by atoms with Crippen LogP contribution in [-0.4, -0.2) is 25.5 Å². The zero-order valence-electron chi connectivity index (χ0n) is 17.1. The highest BCUT2D eigenvalue weighted by Gasteiger charge is 2.55. The molecule has 2 aromatic rings. The number of esters is 1. The first-order valence-corrected chi connectivity index (χ1v) is 10.5. The van der Waals surface area contributed by atoms with Crippen molar-refractivity contribution in [2.45, 2.75) is 13.3 Å². The Morgan fingerprint density at radius 2 is 1.57 bits per heavy atom. The largest absolute Gasteiger partial charge is 0.497 e. The molecular formula is C26H24O4. The molecule has 0 spiro atoms. The molecule has 0 amide bonds. The third kappa shape index (κ3) is 2.82. The molecule has 30 heavy (non-hydrogen) atoms. The van der Waals surface area contributed by atoms with Crippen molar-refractivity contribution in [2.24, 2.45) is 23.7 Å². The number of carbonyl (C=O) groups excluding carboxylic acids is 2. The maximum atomic E-state index is 13.6. The second kappa shape index (κ2) is 7.28. The summed E-state index contributed by atoms with van der Waals surface area (Å²) in [4.78, 5) is 25.6. The highest BCUT2D eigenvalue weighted by atomic mass is 16.5. The van der Waals surface area contributed by atoms with Crippen molar-refractivity contribution < 1.29 is 19.1 Å². The number of allylic oxidation sites excluding steroid dienone is 4. The van der Waals surface area contributed by atoms with Gasteiger partial charge in [-0.15, -0.1) is 0 Å². The van der Waals surface area contributed by atoms with E-state index < -0.39 is 0 Å². The summed E-state index contributed by atoms with van der Waals surface area (Å²) in [5.74, 6) is 1.65. The quantitative estimate of drug-likeness (QED) is 0.534. The van der Waals surface area contributed by atoms with Crippen LogP contribution in [-0.2, 0) is 9.53 Å². The van der Waals surface area contributed by atoms with Crippen LogP contribution in [0.2, 0.25) is 0 Å². The van der Waals surface area contributed by atoms with Crippen molar-refractivity contribution in [3.63, 3.8) is 0 Å². The van der Waals surface area contributed by atoms with Gasteiger partial charge >= 0.3 is 5.97 Å². The molecule has 0 N–H and O–H groups in total. The predicted octanol–water partition coefficient (Wildman–Crippen LogP) is 4.80. The molecule has 0 saturated heterocycles. The lowest BCUT2D eigenvalue weighted by Crippen LogP contribution is -2.21. The van der Waals surface area contributed by atoms with Crippen LogP contribution >= 0.6 is 0 Å². The summed E-state index contributed by atoms with van der Waals surface area (Å²) in [6.45, 7) is 2.14. The molecule has 2 bridgehead atoms. The van der Waals surface area contributed by atoms with Crippen LogP contribution in [0, 0.1) is 23.7 Å². The van der Waals surface area contributed by atoms with Gasteiger partial charge in [-0.25, -0.2) is 4.79 Å². The Balaban J connectivity index is 1.61. The lowest BCUT2D eigenvalue weighted by atomic mass is 9.80. The van der Waals surface area contributed by atoms with Crippen molar-refractivity contribution in [1.82, 2.24) is 0 Å². The molecule has 0 radical (unpaired) electrons. The van der Waals surface area contributed by atoms with Gasteiger partial charge in [-0.1, -0.05) is 36.4 Å². The number of ether oxygens (including phenoxy) is 2. The number of hydrogen-bond acceptors (Lipinski definition) is 4. The lowest BCUT2D eigenvalue weighted by molar-refractivity contribution is -0.117. The van der Waals surface area contributed by atoms with Gasteiger partial charge in [-0.3, -0.25) is 4.79 Å². The highest BCUT2D eigenvalue weighted by molar-refractivity contribution is 6.33. The van der Waals surface area contributed by atoms with E-state index in [0.29, 0.717) is 24.0 Å². The lowest BCUT2D eigenvalue weighted by Gasteiger charge is -2.22. The first-order valence-electron chi connectivity index (χ1n) is 10.5. The minimum atomic E-state index is -0.323. The molecule has 152 valence electrons. The van der Waals surface area contributed by atoms with E-state index in [1.54, 1.807) is 26.2 Å². The molecule has 1 saturated carbocycles. The smallest absolute Gasteiger partial charge is 0.338 e. The fraction of sp³-hybridized carbons (Fsp3) is 0.308. The second-order valence-corrected chi connectivity index (χ2v) is 8.18. The standard InChI is InChI=1S/C26H24O4/c1-3-30-26(28)17-6-4-15(5-7-17)21-22-18-8-9-19(14-18)24(22)25(27)23(21)16-10-12-20(29-2)13-11-16/h4-13,18-19,22,24H,3,14H2,1-2H3/t18-,19+,22-,24-/m1/s1. The summed E-state index contributed by atoms with van der Waals surface area (Å²) in [5.41, 5.74) is 4.40. The Bertz CT molecular complexity index is 1060. The summed E-state index contributed by atoms with van der Waals surface area (Å²) < 4.78 is 10.4. The van der Waals surface area contributed by atoms with Crippen molar-refractivity contribution in [3.8, 4) is 5.75 Å². The SMILES string of the molecule is CCOC(=O)c1ccc(C2=C(c3ccc(OC)cc3)C(=O)[C@H]3[C@@H]2[C@@H]2C=C[C@H]3C2)cc1. The van der Waals surface area contributed by atoms with Crippen molar-refractivity contribution in [1.29, 1.82) is 0 Å². The minimum absolute atomic E-state index is 0.0248. The number of carbonyl (C=O) groups is 2. The fourth-order valence-corrected chi connectivity index (χ4v) is 5.43. The van der Waals surface area contributed by atoms with E-state index in [0.717, 1.165) is 34.4 Å². The van der Waals surface area contributed by atoms with Gasteiger partial charge in [0.2, 0.25) is 0 Å². The number of methoxy groups -OCH3 is 1. The monoisotopic (exact) mass is 400 g/mol. The summed E-state index contributed by atoms with van der Waals surface area (Å²) >= 11 is 0. The predicted molar refractivity (Wildman–Crippen MR) is 115 cm³/mol. The molecule has 2 aromatic carbocycles. The molecule has 0 aromatic heterocycles. The van der Waals surface area contributed by atoms with Crippen LogP contribution < -0.4 is 4.74 Å². The van der Waals surface area contributed by atoms with Gasteiger partial charge in [0.15, 0.2) is 5.78 Å². The average molecular weight is 400 g/mol. The normalized spacial score (nSPS) is 26.3. The first-order chi connectivity index (χ1) is 14.6. The van der Waals surface area contributed by atoms with Gasteiger partial charge < -0.3 is 9.47 Å². The van der Waals surface area contributed by atoms with E-state index in [4.69, 9.17) is 9.47 Å². The van der Waals surface area contributed by atoms with Crippen LogP contribution in [0.15, 0.2) is 60.7 Å². The molecule has 4 nitrogen and oxygen atoms in total. The molecule has 5 rings (SSSR count). The summed E-state index contributed by atoms with van der Waals surface area (Å²) in [6.07, 6.45) is 5.56. The number of benzene rings is 2. The van der Waals surface area contributed by atoms with Crippen molar-refractivity contribution in [2.75, 3.05) is 13.7 Å². The Morgan fingerprint density at radius 1 is 0.933 bits per heavy atom. The third-order valence-electron chi connectivity index (χ3n) is 6.70. The molecule has 1 fully saturated rings. The zero-order valence-corrected chi connectivity index (χ0v) is 17.1. The molecule has 4 heteroatoms. The zero-order chi connectivity index (χ0) is 20.8. The van der Waals surface area contributed by atoms with E-state index in [1.807, 2.05) is 36.4 Å². The number of rotatable bonds is 5. The molecule has 4 atom stereocenters. The van der Waals surface area contributed by atoms with Gasteiger partial charge in [0.1, 0.15) is 5.75 Å². The first kappa shape index (κ1) is 18.9. The van der Waals surface area contributed by atoms with Crippen molar-refractivity contribution >= 4 is 22.9 Å². The van der Waals surface area contributed by atoms with Crippen LogP contribution in [0.3, 0.4) is 0 Å². The number of ketones is 1. The van der Waals surface area contributed by atoms with E-state index in [2.05, 4.69) is 12.2 Å². The number of fused-ring (bicyclic) bond motifs is 5. The second-order valence-electron chi connectivity index (χ2n) is 8.18. The topological polar surface area (TPSA) is 52.6 Å². The molecule has 0 heterocycles. The van der Waals surface area contributed by atoms with Crippen molar-refractivity contribution in [3.05, 3.63) is 77.4 Å². The molecule has 0 unspecified atom stereocenters. The van der Waals surface area contributed by atoms with E-state index in [1.165, 1.54) is 0 Å². The van der Waals surface area contributed by atoms with E-state index in [-0.39, 0.29) is 23.6 Å². The highest BCUT2D eigenvalue weighted by Crippen LogP contribution is 2.60. The molecule has 0 aliphatic heterocycles. The minimum Gasteiger partial charge on any atom is -0.497 e. The Morgan fingerprint density at radius 3 is 2.20 bits per heavy atom. The summed E-state index contributed by atoms with van der Waals surface area (Å²) in [6, 6.07) is 15.2. The van der Waals surface area contributed by atoms with E-state index >= 15 is 0 Å². The van der Waals surface area contributed by atoms with Crippen LogP contribution in [0.4, 0.5) is 0 Å². The summed E-state index contributed by atoms with van der Waals surface area (Å²) in [5, 5.41) is 0. The Kier molecular flexibility index (Phi) is 4.58. The van der Waals surface area contributed by atoms with Crippen LogP contribution in [0.25, 0.3) is 11.1 Å². The van der Waals surface area contributed by atoms with E-state index in [9.17, 15) is 9.59 Å². The average Bonchev–Trinajstić information content (AvgIpc) is 3.47.